The molecule has 0 radical (unpaired) electrons. The fourth-order valence-corrected chi connectivity index (χ4v) is 4.12. The Morgan fingerprint density at radius 2 is 1.88 bits per heavy atom. The largest absolute Gasteiger partial charge is 0.326 e. The van der Waals surface area contributed by atoms with Gasteiger partial charge in [-0.1, -0.05) is 6.07 Å². The SMILES string of the molecule is CC(=O)Nc1ccc(S(=O)(=O)N[C@@H]2CCc3ccc(F)cc32)cc1. The summed E-state index contributed by atoms with van der Waals surface area (Å²) in [6.45, 7) is 1.38. The summed E-state index contributed by atoms with van der Waals surface area (Å²) in [7, 11) is -3.73. The molecule has 7 heteroatoms. The van der Waals surface area contributed by atoms with Gasteiger partial charge in [0.2, 0.25) is 15.9 Å². The predicted molar refractivity (Wildman–Crippen MR) is 88.5 cm³/mol. The van der Waals surface area contributed by atoms with Crippen LogP contribution in [0.5, 0.6) is 0 Å². The van der Waals surface area contributed by atoms with Crippen LogP contribution in [0.4, 0.5) is 10.1 Å². The molecule has 126 valence electrons. The summed E-state index contributed by atoms with van der Waals surface area (Å²) in [4.78, 5) is 11.1. The van der Waals surface area contributed by atoms with E-state index in [0.29, 0.717) is 24.1 Å². The van der Waals surface area contributed by atoms with E-state index in [1.807, 2.05) is 0 Å². The van der Waals surface area contributed by atoms with Crippen molar-refractivity contribution in [2.24, 2.45) is 0 Å². The topological polar surface area (TPSA) is 75.3 Å². The van der Waals surface area contributed by atoms with Crippen LogP contribution < -0.4 is 10.0 Å². The van der Waals surface area contributed by atoms with Crippen molar-refractivity contribution < 1.29 is 17.6 Å². The zero-order chi connectivity index (χ0) is 17.3. The Balaban J connectivity index is 1.80. The van der Waals surface area contributed by atoms with Crippen LogP contribution in [0, 0.1) is 5.82 Å². The summed E-state index contributed by atoms with van der Waals surface area (Å²) in [5, 5.41) is 2.58. The third kappa shape index (κ3) is 3.47. The van der Waals surface area contributed by atoms with Crippen molar-refractivity contribution >= 4 is 21.6 Å². The molecule has 1 atom stereocenters. The lowest BCUT2D eigenvalue weighted by Gasteiger charge is -2.15. The lowest BCUT2D eigenvalue weighted by Crippen LogP contribution is -2.27. The van der Waals surface area contributed by atoms with Crippen LogP contribution in [0.2, 0.25) is 0 Å². The van der Waals surface area contributed by atoms with E-state index >= 15 is 0 Å². The summed E-state index contributed by atoms with van der Waals surface area (Å²) in [6, 6.07) is 9.93. The molecule has 2 N–H and O–H groups in total. The van der Waals surface area contributed by atoms with E-state index in [2.05, 4.69) is 10.0 Å². The molecule has 1 amide bonds. The summed E-state index contributed by atoms with van der Waals surface area (Å²) in [6.07, 6.45) is 1.31. The molecular formula is C17H17FN2O3S. The Hall–Kier alpha value is -2.25. The number of carbonyl (C=O) groups excluding carboxylic acids is 1. The van der Waals surface area contributed by atoms with E-state index in [0.717, 1.165) is 5.56 Å². The molecule has 1 aliphatic rings. The molecule has 0 spiro atoms. The second-order valence-corrected chi connectivity index (χ2v) is 7.48. The van der Waals surface area contributed by atoms with Gasteiger partial charge in [-0.3, -0.25) is 4.79 Å². The molecule has 0 bridgehead atoms. The van der Waals surface area contributed by atoms with Crippen LogP contribution in [-0.2, 0) is 21.2 Å². The maximum atomic E-state index is 13.4. The molecule has 0 saturated heterocycles. The monoisotopic (exact) mass is 348 g/mol. The molecule has 0 aliphatic heterocycles. The average Bonchev–Trinajstić information content (AvgIpc) is 2.89. The van der Waals surface area contributed by atoms with Crippen LogP contribution in [0.3, 0.4) is 0 Å². The van der Waals surface area contributed by atoms with Gasteiger partial charge in [-0.05, 0) is 60.4 Å². The number of sulfonamides is 1. The van der Waals surface area contributed by atoms with Crippen LogP contribution in [0.15, 0.2) is 47.4 Å². The molecule has 3 rings (SSSR count). The van der Waals surface area contributed by atoms with Crippen molar-refractivity contribution in [3.05, 3.63) is 59.4 Å². The number of carbonyl (C=O) groups is 1. The number of anilines is 1. The minimum absolute atomic E-state index is 0.0986. The van der Waals surface area contributed by atoms with E-state index < -0.39 is 16.1 Å². The molecule has 0 heterocycles. The first-order chi connectivity index (χ1) is 11.3. The van der Waals surface area contributed by atoms with Crippen molar-refractivity contribution in [1.29, 1.82) is 0 Å². The van der Waals surface area contributed by atoms with Crippen LogP contribution in [-0.4, -0.2) is 14.3 Å². The highest BCUT2D eigenvalue weighted by atomic mass is 32.2. The second kappa shape index (κ2) is 6.33. The van der Waals surface area contributed by atoms with E-state index in [1.54, 1.807) is 6.07 Å². The van der Waals surface area contributed by atoms with Crippen LogP contribution in [0.1, 0.15) is 30.5 Å². The highest BCUT2D eigenvalue weighted by molar-refractivity contribution is 7.89. The lowest BCUT2D eigenvalue weighted by molar-refractivity contribution is -0.114. The minimum atomic E-state index is -3.73. The van der Waals surface area contributed by atoms with Crippen molar-refractivity contribution in [3.63, 3.8) is 0 Å². The highest BCUT2D eigenvalue weighted by Gasteiger charge is 2.27. The number of hydrogen-bond acceptors (Lipinski definition) is 3. The maximum absolute atomic E-state index is 13.4. The first-order valence-corrected chi connectivity index (χ1v) is 9.02. The van der Waals surface area contributed by atoms with E-state index in [1.165, 1.54) is 43.3 Å². The van der Waals surface area contributed by atoms with Gasteiger partial charge in [0.25, 0.3) is 0 Å². The Bertz CT molecular complexity index is 879. The number of aryl methyl sites for hydroxylation is 1. The van der Waals surface area contributed by atoms with Crippen molar-refractivity contribution in [2.75, 3.05) is 5.32 Å². The van der Waals surface area contributed by atoms with E-state index in [9.17, 15) is 17.6 Å². The minimum Gasteiger partial charge on any atom is -0.326 e. The third-order valence-corrected chi connectivity index (χ3v) is 5.46. The maximum Gasteiger partial charge on any atom is 0.241 e. The number of halogens is 1. The van der Waals surface area contributed by atoms with Gasteiger partial charge in [-0.15, -0.1) is 0 Å². The number of nitrogens with one attached hydrogen (secondary N) is 2. The fourth-order valence-electron chi connectivity index (χ4n) is 2.87. The summed E-state index contributed by atoms with van der Waals surface area (Å²) < 4.78 is 41.1. The number of benzene rings is 2. The molecule has 2 aromatic rings. The molecule has 0 saturated carbocycles. The van der Waals surface area contributed by atoms with Crippen molar-refractivity contribution in [3.8, 4) is 0 Å². The normalized spacial score (nSPS) is 16.7. The van der Waals surface area contributed by atoms with Gasteiger partial charge in [-0.2, -0.15) is 0 Å². The quantitative estimate of drug-likeness (QED) is 0.892. The van der Waals surface area contributed by atoms with Crippen LogP contribution >= 0.6 is 0 Å². The molecular weight excluding hydrogens is 331 g/mol. The first kappa shape index (κ1) is 16.6. The van der Waals surface area contributed by atoms with Crippen LogP contribution in [0.25, 0.3) is 0 Å². The zero-order valence-electron chi connectivity index (χ0n) is 13.0. The molecule has 5 nitrogen and oxygen atoms in total. The van der Waals surface area contributed by atoms with Gasteiger partial charge >= 0.3 is 0 Å². The number of rotatable bonds is 4. The lowest BCUT2D eigenvalue weighted by atomic mass is 10.1. The molecule has 24 heavy (non-hydrogen) atoms. The van der Waals surface area contributed by atoms with Gasteiger partial charge in [0.05, 0.1) is 4.90 Å². The summed E-state index contributed by atoms with van der Waals surface area (Å²) in [5.74, 6) is -0.604. The van der Waals surface area contributed by atoms with Gasteiger partial charge in [0.1, 0.15) is 5.82 Å². The van der Waals surface area contributed by atoms with Gasteiger partial charge in [-0.25, -0.2) is 17.5 Å². The van der Waals surface area contributed by atoms with E-state index in [4.69, 9.17) is 0 Å². The molecule has 2 aromatic carbocycles. The van der Waals surface area contributed by atoms with Gasteiger partial charge in [0.15, 0.2) is 0 Å². The molecule has 1 aliphatic carbocycles. The predicted octanol–water partition coefficient (Wildman–Crippen LogP) is 2.75. The second-order valence-electron chi connectivity index (χ2n) is 5.76. The zero-order valence-corrected chi connectivity index (χ0v) is 13.9. The third-order valence-electron chi connectivity index (χ3n) is 3.97. The first-order valence-electron chi connectivity index (χ1n) is 7.53. The number of fused-ring (bicyclic) bond motifs is 1. The van der Waals surface area contributed by atoms with Gasteiger partial charge in [0, 0.05) is 18.7 Å². The van der Waals surface area contributed by atoms with Crippen molar-refractivity contribution in [2.45, 2.75) is 30.7 Å². The average molecular weight is 348 g/mol. The summed E-state index contributed by atoms with van der Waals surface area (Å²) >= 11 is 0. The summed E-state index contributed by atoms with van der Waals surface area (Å²) in [5.41, 5.74) is 2.17. The molecule has 0 fully saturated rings. The Kier molecular flexibility index (Phi) is 4.38. The molecule has 0 aromatic heterocycles. The standard InChI is InChI=1S/C17H17FN2O3S/c1-11(21)19-14-5-7-15(8-6-14)24(22,23)20-17-9-3-12-2-4-13(18)10-16(12)17/h2,4-8,10,17,20H,3,9H2,1H3,(H,19,21)/t17-/m1/s1. The Morgan fingerprint density at radius 3 is 2.54 bits per heavy atom. The molecule has 0 unspecified atom stereocenters. The fraction of sp³-hybridized carbons (Fsp3) is 0.235. The highest BCUT2D eigenvalue weighted by Crippen LogP contribution is 2.32. The number of amides is 1. The van der Waals surface area contributed by atoms with Crippen molar-refractivity contribution in [1.82, 2.24) is 4.72 Å². The smallest absolute Gasteiger partial charge is 0.241 e. The Morgan fingerprint density at radius 1 is 1.17 bits per heavy atom. The Labute approximate surface area is 139 Å². The van der Waals surface area contributed by atoms with E-state index in [-0.39, 0.29) is 16.6 Å². The number of hydrogen-bond donors (Lipinski definition) is 2. The van der Waals surface area contributed by atoms with Gasteiger partial charge < -0.3 is 5.32 Å².